The molecule has 0 amide bonds. The zero-order chi connectivity index (χ0) is 16.4. The molecule has 0 aromatic heterocycles. The number of aromatic hydroxyl groups is 1. The molecule has 0 aliphatic heterocycles. The molecule has 1 N–H and O–H groups in total. The van der Waals surface area contributed by atoms with Crippen molar-refractivity contribution >= 4 is 11.4 Å². The Balaban J connectivity index is 2.30. The molecular formula is C21H18O2. The number of ketones is 1. The summed E-state index contributed by atoms with van der Waals surface area (Å²) in [4.78, 5) is 11.6. The lowest BCUT2D eigenvalue weighted by molar-refractivity contribution is -0.110. The van der Waals surface area contributed by atoms with Gasteiger partial charge in [0.05, 0.1) is 0 Å². The number of carbonyl (C=O) groups is 1. The van der Waals surface area contributed by atoms with Crippen LogP contribution in [-0.4, -0.2) is 10.9 Å². The van der Waals surface area contributed by atoms with Gasteiger partial charge >= 0.3 is 0 Å². The second kappa shape index (κ2) is 6.09. The third kappa shape index (κ3) is 3.02. The molecule has 2 aromatic rings. The van der Waals surface area contributed by atoms with Gasteiger partial charge in [-0.05, 0) is 71.5 Å². The summed E-state index contributed by atoms with van der Waals surface area (Å²) in [6.07, 6.45) is 5.14. The van der Waals surface area contributed by atoms with E-state index in [1.165, 1.54) is 0 Å². The average Bonchev–Trinajstić information content (AvgIpc) is 2.52. The second-order valence-electron chi connectivity index (χ2n) is 5.72. The molecule has 0 spiro atoms. The third-order valence-electron chi connectivity index (χ3n) is 4.01. The second-order valence-corrected chi connectivity index (χ2v) is 5.72. The normalized spacial score (nSPS) is 16.3. The Morgan fingerprint density at radius 3 is 2.35 bits per heavy atom. The molecule has 0 bridgehead atoms. The van der Waals surface area contributed by atoms with Gasteiger partial charge in [-0.1, -0.05) is 42.5 Å². The lowest BCUT2D eigenvalue weighted by Crippen LogP contribution is -2.02. The molecule has 114 valence electrons. The van der Waals surface area contributed by atoms with Gasteiger partial charge in [-0.15, -0.1) is 0 Å². The molecule has 0 heterocycles. The Bertz CT molecular complexity index is 853. The number of aryl methyl sites for hydroxylation is 1. The van der Waals surface area contributed by atoms with Gasteiger partial charge in [-0.3, -0.25) is 4.79 Å². The predicted octanol–water partition coefficient (Wildman–Crippen LogP) is 4.59. The standard InChI is InChI=1S/C21H18O2/c1-14-12-17(22)8-10-19(14)21(16-6-4-3-5-7-16)20-11-9-18(23)13-15(20)2/h3-13,22H,1-2H3/b21-20+. The highest BCUT2D eigenvalue weighted by atomic mass is 16.3. The monoisotopic (exact) mass is 302 g/mol. The minimum atomic E-state index is 0.0149. The first-order valence-electron chi connectivity index (χ1n) is 7.56. The van der Waals surface area contributed by atoms with E-state index in [1.807, 2.05) is 44.2 Å². The molecule has 0 atom stereocenters. The zero-order valence-corrected chi connectivity index (χ0v) is 13.2. The molecule has 0 radical (unpaired) electrons. The summed E-state index contributed by atoms with van der Waals surface area (Å²) < 4.78 is 0. The van der Waals surface area contributed by atoms with Crippen LogP contribution in [0.2, 0.25) is 0 Å². The molecule has 1 aliphatic carbocycles. The van der Waals surface area contributed by atoms with Crippen molar-refractivity contribution in [2.24, 2.45) is 0 Å². The largest absolute Gasteiger partial charge is 0.508 e. The summed E-state index contributed by atoms with van der Waals surface area (Å²) in [5.74, 6) is 0.270. The Morgan fingerprint density at radius 2 is 1.70 bits per heavy atom. The van der Waals surface area contributed by atoms with E-state index in [9.17, 15) is 9.90 Å². The quantitative estimate of drug-likeness (QED) is 0.881. The fourth-order valence-electron chi connectivity index (χ4n) is 2.91. The summed E-state index contributed by atoms with van der Waals surface area (Å²) in [5.41, 5.74) is 6.18. The number of hydrogen-bond donors (Lipinski definition) is 1. The lowest BCUT2D eigenvalue weighted by atomic mass is 9.86. The van der Waals surface area contributed by atoms with Crippen molar-refractivity contribution in [2.45, 2.75) is 13.8 Å². The van der Waals surface area contributed by atoms with Crippen LogP contribution >= 0.6 is 0 Å². The van der Waals surface area contributed by atoms with Crippen LogP contribution in [0.25, 0.3) is 5.57 Å². The van der Waals surface area contributed by atoms with E-state index in [4.69, 9.17) is 0 Å². The van der Waals surface area contributed by atoms with Crippen LogP contribution in [0.1, 0.15) is 23.6 Å². The number of carbonyl (C=O) groups excluding carboxylic acids is 1. The minimum Gasteiger partial charge on any atom is -0.508 e. The van der Waals surface area contributed by atoms with E-state index < -0.39 is 0 Å². The molecular weight excluding hydrogens is 284 g/mol. The average molecular weight is 302 g/mol. The zero-order valence-electron chi connectivity index (χ0n) is 13.2. The van der Waals surface area contributed by atoms with Gasteiger partial charge < -0.3 is 5.11 Å². The fourth-order valence-corrected chi connectivity index (χ4v) is 2.91. The van der Waals surface area contributed by atoms with Gasteiger partial charge in [-0.2, -0.15) is 0 Å². The number of hydrogen-bond acceptors (Lipinski definition) is 2. The molecule has 0 unspecified atom stereocenters. The SMILES string of the molecule is CC1=CC(=O)C=C/C1=C(/c1ccccc1)c1ccc(O)cc1C. The highest BCUT2D eigenvalue weighted by Crippen LogP contribution is 2.35. The van der Waals surface area contributed by atoms with Crippen molar-refractivity contribution in [1.29, 1.82) is 0 Å². The van der Waals surface area contributed by atoms with Crippen LogP contribution in [0.5, 0.6) is 5.75 Å². The minimum absolute atomic E-state index is 0.0149. The number of phenols is 1. The van der Waals surface area contributed by atoms with Crippen LogP contribution in [-0.2, 0) is 4.79 Å². The van der Waals surface area contributed by atoms with E-state index >= 15 is 0 Å². The number of phenolic OH excluding ortho intramolecular Hbond substituents is 1. The summed E-state index contributed by atoms with van der Waals surface area (Å²) in [6, 6.07) is 15.5. The van der Waals surface area contributed by atoms with E-state index in [1.54, 1.807) is 24.3 Å². The number of allylic oxidation sites excluding steroid dienone is 5. The van der Waals surface area contributed by atoms with Gasteiger partial charge in [0.1, 0.15) is 5.75 Å². The first kappa shape index (κ1) is 15.0. The Kier molecular flexibility index (Phi) is 3.98. The highest BCUT2D eigenvalue weighted by Gasteiger charge is 2.16. The highest BCUT2D eigenvalue weighted by molar-refractivity contribution is 6.04. The van der Waals surface area contributed by atoms with Crippen molar-refractivity contribution in [2.75, 3.05) is 0 Å². The fraction of sp³-hybridized carbons (Fsp3) is 0.0952. The van der Waals surface area contributed by atoms with Crippen molar-refractivity contribution in [1.82, 2.24) is 0 Å². The van der Waals surface area contributed by atoms with Gasteiger partial charge in [0.25, 0.3) is 0 Å². The van der Waals surface area contributed by atoms with Crippen LogP contribution in [0.15, 0.2) is 77.9 Å². The molecule has 2 aromatic carbocycles. The third-order valence-corrected chi connectivity index (χ3v) is 4.01. The molecule has 3 rings (SSSR count). The molecule has 0 saturated heterocycles. The van der Waals surface area contributed by atoms with E-state index in [-0.39, 0.29) is 11.5 Å². The number of rotatable bonds is 2. The topological polar surface area (TPSA) is 37.3 Å². The molecule has 0 fully saturated rings. The first-order valence-corrected chi connectivity index (χ1v) is 7.56. The van der Waals surface area contributed by atoms with E-state index in [2.05, 4.69) is 12.1 Å². The molecule has 2 heteroatoms. The first-order chi connectivity index (χ1) is 11.1. The van der Waals surface area contributed by atoms with E-state index in [0.29, 0.717) is 0 Å². The lowest BCUT2D eigenvalue weighted by Gasteiger charge is -2.18. The summed E-state index contributed by atoms with van der Waals surface area (Å²) in [7, 11) is 0. The molecule has 0 saturated carbocycles. The van der Waals surface area contributed by atoms with Gasteiger partial charge in [0, 0.05) is 0 Å². The maximum atomic E-state index is 11.6. The smallest absolute Gasteiger partial charge is 0.178 e. The van der Waals surface area contributed by atoms with Crippen LogP contribution < -0.4 is 0 Å². The Labute approximate surface area is 136 Å². The maximum Gasteiger partial charge on any atom is 0.178 e. The van der Waals surface area contributed by atoms with Gasteiger partial charge in [0.15, 0.2) is 5.78 Å². The van der Waals surface area contributed by atoms with Crippen molar-refractivity contribution in [3.8, 4) is 5.75 Å². The van der Waals surface area contributed by atoms with Gasteiger partial charge in [-0.25, -0.2) is 0 Å². The molecule has 1 aliphatic rings. The van der Waals surface area contributed by atoms with E-state index in [0.717, 1.165) is 33.4 Å². The van der Waals surface area contributed by atoms with Crippen molar-refractivity contribution in [3.63, 3.8) is 0 Å². The number of benzene rings is 2. The summed E-state index contributed by atoms with van der Waals surface area (Å²) in [5, 5.41) is 9.70. The van der Waals surface area contributed by atoms with Gasteiger partial charge in [0.2, 0.25) is 0 Å². The van der Waals surface area contributed by atoms with Crippen LogP contribution in [0, 0.1) is 6.92 Å². The molecule has 23 heavy (non-hydrogen) atoms. The summed E-state index contributed by atoms with van der Waals surface area (Å²) in [6.45, 7) is 3.94. The van der Waals surface area contributed by atoms with Crippen molar-refractivity contribution < 1.29 is 9.90 Å². The van der Waals surface area contributed by atoms with Crippen LogP contribution in [0.3, 0.4) is 0 Å². The summed E-state index contributed by atoms with van der Waals surface area (Å²) >= 11 is 0. The van der Waals surface area contributed by atoms with Crippen molar-refractivity contribution in [3.05, 3.63) is 94.6 Å². The Hall–Kier alpha value is -2.87. The maximum absolute atomic E-state index is 11.6. The predicted molar refractivity (Wildman–Crippen MR) is 93.2 cm³/mol. The Morgan fingerprint density at radius 1 is 0.957 bits per heavy atom. The van der Waals surface area contributed by atoms with Crippen LogP contribution in [0.4, 0.5) is 0 Å². The molecule has 2 nitrogen and oxygen atoms in total.